The van der Waals surface area contributed by atoms with E-state index in [-0.39, 0.29) is 18.0 Å². The van der Waals surface area contributed by atoms with Crippen molar-refractivity contribution in [2.24, 2.45) is 5.92 Å². The van der Waals surface area contributed by atoms with Gasteiger partial charge in [-0.05, 0) is 24.8 Å². The monoisotopic (exact) mass is 229 g/mol. The van der Waals surface area contributed by atoms with Crippen LogP contribution < -0.4 is 10.9 Å². The second-order valence-corrected chi connectivity index (χ2v) is 3.84. The van der Waals surface area contributed by atoms with Crippen molar-refractivity contribution in [1.82, 2.24) is 10.2 Å². The van der Waals surface area contributed by atoms with E-state index in [4.69, 9.17) is 0 Å². The molecule has 0 aromatic carbocycles. The van der Waals surface area contributed by atoms with Gasteiger partial charge in [0.15, 0.2) is 0 Å². The van der Waals surface area contributed by atoms with Gasteiger partial charge in [0.05, 0.1) is 0 Å². The first-order valence-corrected chi connectivity index (χ1v) is 5.12. The molecule has 0 saturated heterocycles. The molecule has 0 amide bonds. The maximum absolute atomic E-state index is 10.7. The minimum Gasteiger partial charge on any atom is -0.366 e. The van der Waals surface area contributed by atoms with Gasteiger partial charge in [-0.15, -0.1) is 12.4 Å². The van der Waals surface area contributed by atoms with E-state index in [0.717, 1.165) is 11.7 Å². The highest BCUT2D eigenvalue weighted by Crippen LogP contribution is 2.36. The van der Waals surface area contributed by atoms with Crippen molar-refractivity contribution in [1.29, 1.82) is 0 Å². The first-order chi connectivity index (χ1) is 6.79. The quantitative estimate of drug-likeness (QED) is 0.828. The molecular formula is C10H16ClN3O. The first kappa shape index (κ1) is 12.0. The summed E-state index contributed by atoms with van der Waals surface area (Å²) >= 11 is 0. The molecule has 0 radical (unpaired) electrons. The molecule has 1 aliphatic rings. The molecule has 1 aromatic heterocycles. The topological polar surface area (TPSA) is 57.8 Å². The van der Waals surface area contributed by atoms with Gasteiger partial charge in [-0.25, -0.2) is 5.10 Å². The Morgan fingerprint density at radius 2 is 2.40 bits per heavy atom. The summed E-state index contributed by atoms with van der Waals surface area (Å²) in [5.74, 6) is 1.57. The molecule has 5 heteroatoms. The standard InChI is InChI=1S/C10H15N3O.ClH/c1-2-3-7-6-8(7)11-9-4-5-10(14)13-12-9;/h4-5,7-8H,2-3,6H2,1H3,(H,11,12)(H,13,14);1H. The smallest absolute Gasteiger partial charge is 0.264 e. The van der Waals surface area contributed by atoms with Crippen LogP contribution in [0.2, 0.25) is 0 Å². The molecular weight excluding hydrogens is 214 g/mol. The highest BCUT2D eigenvalue weighted by molar-refractivity contribution is 5.85. The number of hydrogen-bond donors (Lipinski definition) is 2. The third-order valence-corrected chi connectivity index (χ3v) is 2.59. The molecule has 15 heavy (non-hydrogen) atoms. The molecule has 1 aromatic rings. The molecule has 2 atom stereocenters. The van der Waals surface area contributed by atoms with Crippen molar-refractivity contribution in [3.8, 4) is 0 Å². The van der Waals surface area contributed by atoms with Gasteiger partial charge in [0.2, 0.25) is 0 Å². The number of hydrogen-bond acceptors (Lipinski definition) is 3. The zero-order chi connectivity index (χ0) is 9.97. The van der Waals surface area contributed by atoms with E-state index < -0.39 is 0 Å². The lowest BCUT2D eigenvalue weighted by Gasteiger charge is -2.02. The van der Waals surface area contributed by atoms with Gasteiger partial charge >= 0.3 is 0 Å². The Labute approximate surface area is 94.9 Å². The average Bonchev–Trinajstić information content (AvgIpc) is 2.89. The van der Waals surface area contributed by atoms with Crippen LogP contribution in [-0.2, 0) is 0 Å². The molecule has 2 unspecified atom stereocenters. The summed E-state index contributed by atoms with van der Waals surface area (Å²) in [5.41, 5.74) is -0.156. The van der Waals surface area contributed by atoms with Crippen LogP contribution in [0.1, 0.15) is 26.2 Å². The summed E-state index contributed by atoms with van der Waals surface area (Å²) in [5, 5.41) is 9.61. The van der Waals surface area contributed by atoms with Crippen LogP contribution in [0, 0.1) is 5.92 Å². The number of rotatable bonds is 4. The van der Waals surface area contributed by atoms with Crippen molar-refractivity contribution < 1.29 is 0 Å². The highest BCUT2D eigenvalue weighted by atomic mass is 35.5. The van der Waals surface area contributed by atoms with Crippen molar-refractivity contribution in [3.63, 3.8) is 0 Å². The summed E-state index contributed by atoms with van der Waals surface area (Å²) in [6.45, 7) is 2.20. The van der Waals surface area contributed by atoms with Gasteiger partial charge in [0.1, 0.15) is 5.82 Å². The van der Waals surface area contributed by atoms with Gasteiger partial charge in [-0.1, -0.05) is 13.3 Å². The van der Waals surface area contributed by atoms with Crippen molar-refractivity contribution in [3.05, 3.63) is 22.5 Å². The summed E-state index contributed by atoms with van der Waals surface area (Å²) in [4.78, 5) is 10.7. The Hall–Kier alpha value is -1.03. The maximum Gasteiger partial charge on any atom is 0.264 e. The zero-order valence-corrected chi connectivity index (χ0v) is 9.51. The van der Waals surface area contributed by atoms with E-state index in [2.05, 4.69) is 22.4 Å². The summed E-state index contributed by atoms with van der Waals surface area (Å²) in [6, 6.07) is 3.78. The SMILES string of the molecule is CCCC1CC1Nc1ccc(=O)[nH]n1.Cl. The fourth-order valence-electron chi connectivity index (χ4n) is 1.73. The minimum atomic E-state index is -0.156. The van der Waals surface area contributed by atoms with Crippen molar-refractivity contribution in [2.75, 3.05) is 5.32 Å². The number of aromatic amines is 1. The fraction of sp³-hybridized carbons (Fsp3) is 0.600. The lowest BCUT2D eigenvalue weighted by molar-refractivity contribution is 0.691. The van der Waals surface area contributed by atoms with Gasteiger partial charge in [-0.3, -0.25) is 4.79 Å². The number of aromatic nitrogens is 2. The minimum absolute atomic E-state index is 0. The average molecular weight is 230 g/mol. The number of halogens is 1. The van der Waals surface area contributed by atoms with E-state index in [1.807, 2.05) is 0 Å². The lowest BCUT2D eigenvalue weighted by Crippen LogP contribution is -2.11. The Kier molecular flexibility index (Phi) is 4.15. The first-order valence-electron chi connectivity index (χ1n) is 5.12. The Morgan fingerprint density at radius 1 is 1.60 bits per heavy atom. The zero-order valence-electron chi connectivity index (χ0n) is 8.69. The summed E-state index contributed by atoms with van der Waals surface area (Å²) in [7, 11) is 0. The van der Waals surface area contributed by atoms with E-state index in [1.54, 1.807) is 6.07 Å². The Balaban J connectivity index is 0.00000112. The summed E-state index contributed by atoms with van der Waals surface area (Å²) < 4.78 is 0. The Morgan fingerprint density at radius 3 is 3.00 bits per heavy atom. The van der Waals surface area contributed by atoms with Crippen LogP contribution in [0.4, 0.5) is 5.82 Å². The molecule has 0 aliphatic heterocycles. The highest BCUT2D eigenvalue weighted by Gasteiger charge is 2.35. The third kappa shape index (κ3) is 3.23. The molecule has 1 saturated carbocycles. The third-order valence-electron chi connectivity index (χ3n) is 2.59. The second-order valence-electron chi connectivity index (χ2n) is 3.84. The molecule has 1 heterocycles. The predicted molar refractivity (Wildman–Crippen MR) is 62.5 cm³/mol. The molecule has 1 aliphatic carbocycles. The second kappa shape index (κ2) is 5.16. The molecule has 4 nitrogen and oxygen atoms in total. The van der Waals surface area contributed by atoms with E-state index in [9.17, 15) is 4.79 Å². The number of anilines is 1. The van der Waals surface area contributed by atoms with Crippen molar-refractivity contribution in [2.45, 2.75) is 32.2 Å². The molecule has 0 bridgehead atoms. The van der Waals surface area contributed by atoms with E-state index >= 15 is 0 Å². The lowest BCUT2D eigenvalue weighted by atomic mass is 10.2. The number of nitrogens with one attached hydrogen (secondary N) is 2. The van der Waals surface area contributed by atoms with Crippen LogP contribution in [0.15, 0.2) is 16.9 Å². The molecule has 2 N–H and O–H groups in total. The van der Waals surface area contributed by atoms with Gasteiger partial charge in [0.25, 0.3) is 5.56 Å². The van der Waals surface area contributed by atoms with Crippen molar-refractivity contribution >= 4 is 18.2 Å². The predicted octanol–water partition coefficient (Wildman–Crippen LogP) is 1.79. The van der Waals surface area contributed by atoms with Crippen LogP contribution in [0.5, 0.6) is 0 Å². The largest absolute Gasteiger partial charge is 0.366 e. The van der Waals surface area contributed by atoms with Crippen LogP contribution in [0.3, 0.4) is 0 Å². The molecule has 1 fully saturated rings. The molecule has 84 valence electrons. The van der Waals surface area contributed by atoms with E-state index in [1.165, 1.54) is 25.3 Å². The molecule has 0 spiro atoms. The van der Waals surface area contributed by atoms with Gasteiger partial charge in [-0.2, -0.15) is 5.10 Å². The van der Waals surface area contributed by atoms with Gasteiger partial charge in [0, 0.05) is 12.1 Å². The summed E-state index contributed by atoms with van der Waals surface area (Å²) in [6.07, 6.45) is 3.75. The molecule has 2 rings (SSSR count). The number of H-pyrrole nitrogens is 1. The maximum atomic E-state index is 10.7. The van der Waals surface area contributed by atoms with Crippen LogP contribution >= 0.6 is 12.4 Å². The van der Waals surface area contributed by atoms with Crippen LogP contribution in [-0.4, -0.2) is 16.2 Å². The van der Waals surface area contributed by atoms with E-state index in [0.29, 0.717) is 6.04 Å². The normalized spacial score (nSPS) is 23.0. The number of nitrogens with zero attached hydrogens (tertiary/aromatic N) is 1. The fourth-order valence-corrected chi connectivity index (χ4v) is 1.73. The van der Waals surface area contributed by atoms with Crippen LogP contribution in [0.25, 0.3) is 0 Å². The van der Waals surface area contributed by atoms with Gasteiger partial charge < -0.3 is 5.32 Å². The Bertz CT molecular complexity index is 345.